The zero-order valence-corrected chi connectivity index (χ0v) is 15.0. The summed E-state index contributed by atoms with van der Waals surface area (Å²) in [5, 5.41) is 12.5. The Bertz CT molecular complexity index is 582. The van der Waals surface area contributed by atoms with E-state index < -0.39 is 0 Å². The number of aromatic nitrogens is 3. The zero-order chi connectivity index (χ0) is 16.6. The number of hydrogen-bond donors (Lipinski definition) is 1. The highest BCUT2D eigenvalue weighted by Crippen LogP contribution is 2.35. The van der Waals surface area contributed by atoms with E-state index in [-0.39, 0.29) is 18.2 Å². The Morgan fingerprint density at radius 3 is 2.68 bits per heavy atom. The van der Waals surface area contributed by atoms with Crippen molar-refractivity contribution in [1.29, 1.82) is 0 Å². The molecule has 1 aromatic heterocycles. The van der Waals surface area contributed by atoms with E-state index in [9.17, 15) is 0 Å². The minimum Gasteiger partial charge on any atom is -0.371 e. The van der Waals surface area contributed by atoms with E-state index in [4.69, 9.17) is 9.47 Å². The molecule has 0 unspecified atom stereocenters. The summed E-state index contributed by atoms with van der Waals surface area (Å²) >= 11 is 0. The van der Waals surface area contributed by atoms with Crippen LogP contribution in [-0.4, -0.2) is 53.0 Å². The maximum Gasteiger partial charge on any atom is 0.110 e. The summed E-state index contributed by atoms with van der Waals surface area (Å²) in [6.07, 6.45) is 13.1. The van der Waals surface area contributed by atoms with Gasteiger partial charge in [-0.15, -0.1) is 5.10 Å². The van der Waals surface area contributed by atoms with E-state index in [0.717, 1.165) is 37.1 Å². The molecule has 1 aromatic rings. The summed E-state index contributed by atoms with van der Waals surface area (Å²) in [5.41, 5.74) is 1.14. The first kappa shape index (κ1) is 16.2. The van der Waals surface area contributed by atoms with E-state index >= 15 is 0 Å². The van der Waals surface area contributed by atoms with E-state index in [1.807, 2.05) is 4.68 Å². The highest BCUT2D eigenvalue weighted by Gasteiger charge is 2.49. The Balaban J connectivity index is 1.19. The molecule has 4 aliphatic rings. The Hall–Kier alpha value is -0.980. The maximum absolute atomic E-state index is 6.09. The number of nitrogens with zero attached hydrogens (tertiary/aromatic N) is 3. The molecule has 0 radical (unpaired) electrons. The van der Waals surface area contributed by atoms with Gasteiger partial charge in [-0.3, -0.25) is 0 Å². The molecule has 4 atom stereocenters. The lowest BCUT2D eigenvalue weighted by Gasteiger charge is -2.20. The normalized spacial score (nSPS) is 36.0. The van der Waals surface area contributed by atoms with Crippen molar-refractivity contribution in [3.05, 3.63) is 11.9 Å². The molecule has 3 heterocycles. The van der Waals surface area contributed by atoms with Crippen LogP contribution in [0.5, 0.6) is 0 Å². The first-order chi connectivity index (χ1) is 12.4. The van der Waals surface area contributed by atoms with Gasteiger partial charge in [-0.25, -0.2) is 4.68 Å². The van der Waals surface area contributed by atoms with Crippen LogP contribution in [0.15, 0.2) is 6.20 Å². The number of rotatable bonds is 6. The van der Waals surface area contributed by atoms with E-state index in [0.29, 0.717) is 12.6 Å². The second-order valence-corrected chi connectivity index (χ2v) is 8.52. The van der Waals surface area contributed by atoms with Gasteiger partial charge in [0.15, 0.2) is 0 Å². The number of ether oxygens (including phenoxy) is 2. The lowest BCUT2D eigenvalue weighted by Crippen LogP contribution is -2.41. The summed E-state index contributed by atoms with van der Waals surface area (Å²) in [6.45, 7) is 2.55. The van der Waals surface area contributed by atoms with Crippen LogP contribution in [0.25, 0.3) is 0 Å². The average Bonchev–Trinajstić information content (AvgIpc) is 3.03. The molecule has 2 aliphatic carbocycles. The quantitative estimate of drug-likeness (QED) is 0.855. The van der Waals surface area contributed by atoms with Crippen LogP contribution in [-0.2, 0) is 15.9 Å². The van der Waals surface area contributed by atoms with Gasteiger partial charge in [0.1, 0.15) is 18.2 Å². The largest absolute Gasteiger partial charge is 0.371 e. The first-order valence-corrected chi connectivity index (χ1v) is 10.2. The molecular weight excluding hydrogens is 316 g/mol. The Kier molecular flexibility index (Phi) is 4.52. The summed E-state index contributed by atoms with van der Waals surface area (Å²) < 4.78 is 14.2. The molecule has 2 saturated carbocycles. The topological polar surface area (TPSA) is 61.2 Å². The molecule has 2 saturated heterocycles. The molecule has 6 nitrogen and oxygen atoms in total. The monoisotopic (exact) mass is 346 g/mol. The molecule has 0 amide bonds. The van der Waals surface area contributed by atoms with Crippen molar-refractivity contribution >= 4 is 0 Å². The van der Waals surface area contributed by atoms with Gasteiger partial charge < -0.3 is 14.8 Å². The van der Waals surface area contributed by atoms with Crippen molar-refractivity contribution in [2.24, 2.45) is 11.8 Å². The zero-order valence-electron chi connectivity index (χ0n) is 15.0. The van der Waals surface area contributed by atoms with Gasteiger partial charge in [-0.2, -0.15) is 0 Å². The third-order valence-corrected chi connectivity index (χ3v) is 6.51. The van der Waals surface area contributed by atoms with Gasteiger partial charge in [-0.05, 0) is 37.6 Å². The minimum atomic E-state index is 0.112. The fourth-order valence-corrected chi connectivity index (χ4v) is 4.78. The molecule has 0 bridgehead atoms. The number of nitrogens with one attached hydrogen (secondary N) is 1. The molecule has 0 spiro atoms. The molecule has 6 heteroatoms. The van der Waals surface area contributed by atoms with Gasteiger partial charge in [0, 0.05) is 6.20 Å². The molecule has 4 fully saturated rings. The van der Waals surface area contributed by atoms with Crippen LogP contribution in [0, 0.1) is 11.8 Å². The lowest BCUT2D eigenvalue weighted by atomic mass is 9.86. The molecule has 2 aliphatic heterocycles. The van der Waals surface area contributed by atoms with E-state index in [1.165, 1.54) is 44.9 Å². The minimum absolute atomic E-state index is 0.112. The third-order valence-electron chi connectivity index (χ3n) is 6.51. The van der Waals surface area contributed by atoms with Crippen LogP contribution in [0.2, 0.25) is 0 Å². The predicted molar refractivity (Wildman–Crippen MR) is 93.3 cm³/mol. The van der Waals surface area contributed by atoms with Crippen LogP contribution in [0.1, 0.15) is 56.7 Å². The van der Waals surface area contributed by atoms with Crippen molar-refractivity contribution < 1.29 is 9.47 Å². The van der Waals surface area contributed by atoms with E-state index in [1.54, 1.807) is 0 Å². The smallest absolute Gasteiger partial charge is 0.110 e. The van der Waals surface area contributed by atoms with Crippen LogP contribution in [0.4, 0.5) is 0 Å². The first-order valence-electron chi connectivity index (χ1n) is 10.2. The fraction of sp³-hybridized carbons (Fsp3) is 0.895. The molecule has 138 valence electrons. The predicted octanol–water partition coefficient (Wildman–Crippen LogP) is 2.11. The lowest BCUT2D eigenvalue weighted by molar-refractivity contribution is 0.0620. The van der Waals surface area contributed by atoms with Crippen molar-refractivity contribution in [1.82, 2.24) is 20.3 Å². The van der Waals surface area contributed by atoms with Crippen LogP contribution >= 0.6 is 0 Å². The third kappa shape index (κ3) is 3.49. The standard InChI is InChI=1S/C19H30N4O2/c1-2-4-13(5-3-1)8-15-10-23(22-21-15)17-12-25-18-16(11-24-19(17)18)20-9-14-6-7-14/h10,13-14,16-20H,1-9,11-12H2/t16-,17-,18+,19+/m0/s1. The number of hydrogen-bond acceptors (Lipinski definition) is 5. The van der Waals surface area contributed by atoms with Gasteiger partial charge in [0.05, 0.1) is 24.9 Å². The molecular formula is C19H30N4O2. The second-order valence-electron chi connectivity index (χ2n) is 8.52. The van der Waals surface area contributed by atoms with Crippen molar-refractivity contribution in [2.75, 3.05) is 19.8 Å². The molecule has 0 aromatic carbocycles. The van der Waals surface area contributed by atoms with Crippen molar-refractivity contribution in [3.8, 4) is 0 Å². The molecule has 5 rings (SSSR count). The summed E-state index contributed by atoms with van der Waals surface area (Å²) in [6, 6.07) is 0.506. The Morgan fingerprint density at radius 2 is 1.84 bits per heavy atom. The Morgan fingerprint density at radius 1 is 1.00 bits per heavy atom. The van der Waals surface area contributed by atoms with Gasteiger partial charge in [-0.1, -0.05) is 37.3 Å². The van der Waals surface area contributed by atoms with Crippen molar-refractivity contribution in [3.63, 3.8) is 0 Å². The second kappa shape index (κ2) is 6.97. The molecule has 25 heavy (non-hydrogen) atoms. The highest BCUT2D eigenvalue weighted by molar-refractivity contribution is 5.03. The molecule has 1 N–H and O–H groups in total. The van der Waals surface area contributed by atoms with Crippen LogP contribution in [0.3, 0.4) is 0 Å². The van der Waals surface area contributed by atoms with Crippen LogP contribution < -0.4 is 5.32 Å². The summed E-state index contributed by atoms with van der Waals surface area (Å²) in [4.78, 5) is 0. The van der Waals surface area contributed by atoms with Gasteiger partial charge in [0.2, 0.25) is 0 Å². The highest BCUT2D eigenvalue weighted by atomic mass is 16.6. The van der Waals surface area contributed by atoms with Gasteiger partial charge >= 0.3 is 0 Å². The summed E-state index contributed by atoms with van der Waals surface area (Å²) in [5.74, 6) is 1.68. The average molecular weight is 346 g/mol. The summed E-state index contributed by atoms with van der Waals surface area (Å²) in [7, 11) is 0. The van der Waals surface area contributed by atoms with Crippen molar-refractivity contribution in [2.45, 2.75) is 75.7 Å². The van der Waals surface area contributed by atoms with Gasteiger partial charge in [0.25, 0.3) is 0 Å². The SMILES string of the molecule is c1c(CC2CCCCC2)nnn1[C@H]1CO[C@H]2[C@@H]1OC[C@@H]2NCC1CC1. The fourth-order valence-electron chi connectivity index (χ4n) is 4.78. The maximum atomic E-state index is 6.09. The number of fused-ring (bicyclic) bond motifs is 1. The Labute approximate surface area is 149 Å². The van der Waals surface area contributed by atoms with E-state index in [2.05, 4.69) is 21.8 Å².